The maximum Gasteiger partial charge on any atom is 0.261 e. The van der Waals surface area contributed by atoms with Gasteiger partial charge in [0.05, 0.1) is 5.56 Å². The summed E-state index contributed by atoms with van der Waals surface area (Å²) in [5, 5.41) is 0. The van der Waals surface area contributed by atoms with Crippen LogP contribution >= 0.6 is 0 Å². The first-order chi connectivity index (χ1) is 8.20. The molecule has 1 rings (SSSR count). The molecule has 0 saturated heterocycles. The number of carbonyl (C=O) groups excluding carboxylic acids is 1. The Balaban J connectivity index is 3.63. The molecular weight excluding hydrogens is 226 g/mol. The Hall–Kier alpha value is -1.38. The number of Topliss-reactive ketones (excluding diaryl/α,β-unsaturated/α-hetero) is 1. The molecule has 0 bridgehead atoms. The number of hydrogen-bond donors (Lipinski definition) is 0. The van der Waals surface area contributed by atoms with E-state index in [0.717, 1.165) is 12.1 Å². The van der Waals surface area contributed by atoms with Crippen molar-refractivity contribution < 1.29 is 4.79 Å². The number of rotatable bonds is 3. The summed E-state index contributed by atoms with van der Waals surface area (Å²) in [6.45, 7) is 11.7. The number of carbonyl (C=O) groups is 1. The van der Waals surface area contributed by atoms with Crippen LogP contribution in [0.4, 0.5) is 0 Å². The lowest BCUT2D eigenvalue weighted by Crippen LogP contribution is -2.34. The topological polar surface area (TPSA) is 39.1 Å². The molecule has 0 aromatic carbocycles. The smallest absolute Gasteiger partial charge is 0.261 e. The normalized spacial score (nSPS) is 13.4. The second kappa shape index (κ2) is 5.09. The van der Waals surface area contributed by atoms with Gasteiger partial charge >= 0.3 is 0 Å². The van der Waals surface area contributed by atoms with Gasteiger partial charge in [0.1, 0.15) is 0 Å². The Labute approximate surface area is 109 Å². The van der Waals surface area contributed by atoms with Gasteiger partial charge in [-0.2, -0.15) is 0 Å². The summed E-state index contributed by atoms with van der Waals surface area (Å²) in [4.78, 5) is 23.9. The first-order valence-corrected chi connectivity index (χ1v) is 6.47. The van der Waals surface area contributed by atoms with Gasteiger partial charge in [0, 0.05) is 17.2 Å². The lowest BCUT2D eigenvalue weighted by Gasteiger charge is -2.27. The molecule has 1 aromatic heterocycles. The van der Waals surface area contributed by atoms with Gasteiger partial charge in [0.2, 0.25) is 0 Å². The lowest BCUT2D eigenvalue weighted by atomic mass is 9.90. The second-order valence-corrected chi connectivity index (χ2v) is 5.87. The summed E-state index contributed by atoms with van der Waals surface area (Å²) < 4.78 is 1.77. The average Bonchev–Trinajstić information content (AvgIpc) is 2.25. The van der Waals surface area contributed by atoms with Gasteiger partial charge in [-0.25, -0.2) is 0 Å². The molecular formula is C15H23NO2. The fraction of sp³-hybridized carbons (Fsp3) is 0.600. The van der Waals surface area contributed by atoms with Crippen molar-refractivity contribution in [1.82, 2.24) is 4.57 Å². The fourth-order valence-corrected chi connectivity index (χ4v) is 2.05. The van der Waals surface area contributed by atoms with Crippen LogP contribution in [-0.2, 0) is 5.41 Å². The van der Waals surface area contributed by atoms with Crippen molar-refractivity contribution in [1.29, 1.82) is 0 Å². The van der Waals surface area contributed by atoms with Crippen LogP contribution in [0, 0.1) is 0 Å². The Morgan fingerprint density at radius 2 is 1.89 bits per heavy atom. The van der Waals surface area contributed by atoms with E-state index in [1.165, 1.54) is 6.92 Å². The van der Waals surface area contributed by atoms with Crippen LogP contribution in [0.1, 0.15) is 70.1 Å². The highest BCUT2D eigenvalue weighted by Crippen LogP contribution is 2.24. The molecule has 0 aliphatic carbocycles. The molecule has 1 aromatic rings. The molecule has 100 valence electrons. The third kappa shape index (κ3) is 2.71. The summed E-state index contributed by atoms with van der Waals surface area (Å²) in [5.41, 5.74) is 0.984. The summed E-state index contributed by atoms with van der Waals surface area (Å²) >= 11 is 0. The SMILES string of the molecule is CCC(C)n1c(C(C)(C)C)ccc(C(C)=O)c1=O. The molecule has 0 saturated carbocycles. The van der Waals surface area contributed by atoms with Gasteiger partial charge in [-0.1, -0.05) is 27.7 Å². The van der Waals surface area contributed by atoms with Crippen molar-refractivity contribution in [3.05, 3.63) is 33.7 Å². The number of ketones is 1. The highest BCUT2D eigenvalue weighted by atomic mass is 16.1. The van der Waals surface area contributed by atoms with E-state index in [1.54, 1.807) is 10.6 Å². The molecule has 0 N–H and O–H groups in total. The Morgan fingerprint density at radius 3 is 2.28 bits per heavy atom. The van der Waals surface area contributed by atoms with E-state index in [0.29, 0.717) is 0 Å². The lowest BCUT2D eigenvalue weighted by molar-refractivity contribution is 0.101. The molecule has 0 spiro atoms. The number of aromatic nitrogens is 1. The van der Waals surface area contributed by atoms with Crippen LogP contribution in [-0.4, -0.2) is 10.4 Å². The van der Waals surface area contributed by atoms with Gasteiger partial charge in [-0.3, -0.25) is 9.59 Å². The minimum absolute atomic E-state index is 0.103. The van der Waals surface area contributed by atoms with E-state index in [-0.39, 0.29) is 28.4 Å². The molecule has 3 heteroatoms. The predicted octanol–water partition coefficient (Wildman–Crippen LogP) is 3.32. The van der Waals surface area contributed by atoms with Gasteiger partial charge in [-0.05, 0) is 32.4 Å². The van der Waals surface area contributed by atoms with Crippen molar-refractivity contribution in [3.63, 3.8) is 0 Å². The van der Waals surface area contributed by atoms with Crippen molar-refractivity contribution in [2.45, 2.75) is 59.4 Å². The Kier molecular flexibility index (Phi) is 4.15. The fourth-order valence-electron chi connectivity index (χ4n) is 2.05. The molecule has 1 heterocycles. The highest BCUT2D eigenvalue weighted by Gasteiger charge is 2.23. The van der Waals surface area contributed by atoms with E-state index in [4.69, 9.17) is 0 Å². The Morgan fingerprint density at radius 1 is 1.33 bits per heavy atom. The molecule has 0 aliphatic rings. The van der Waals surface area contributed by atoms with Crippen LogP contribution in [0.15, 0.2) is 16.9 Å². The van der Waals surface area contributed by atoms with Gasteiger partial charge in [-0.15, -0.1) is 0 Å². The number of hydrogen-bond acceptors (Lipinski definition) is 2. The number of pyridine rings is 1. The largest absolute Gasteiger partial charge is 0.309 e. The van der Waals surface area contributed by atoms with Crippen molar-refractivity contribution in [2.24, 2.45) is 0 Å². The molecule has 0 aliphatic heterocycles. The van der Waals surface area contributed by atoms with Gasteiger partial charge < -0.3 is 4.57 Å². The molecule has 1 atom stereocenters. The maximum atomic E-state index is 12.4. The second-order valence-electron chi connectivity index (χ2n) is 5.87. The zero-order valence-electron chi connectivity index (χ0n) is 12.2. The maximum absolute atomic E-state index is 12.4. The van der Waals surface area contributed by atoms with Crippen LogP contribution in [0.3, 0.4) is 0 Å². The van der Waals surface area contributed by atoms with E-state index in [9.17, 15) is 9.59 Å². The highest BCUT2D eigenvalue weighted by molar-refractivity contribution is 5.93. The van der Waals surface area contributed by atoms with E-state index in [2.05, 4.69) is 20.8 Å². The summed E-state index contributed by atoms with van der Waals surface area (Å²) in [6, 6.07) is 3.67. The standard InChI is InChI=1S/C15H23NO2/c1-7-10(2)16-13(15(4,5)6)9-8-12(11(3)17)14(16)18/h8-10H,7H2,1-6H3. The van der Waals surface area contributed by atoms with Crippen LogP contribution in [0.25, 0.3) is 0 Å². The first kappa shape index (κ1) is 14.7. The zero-order valence-corrected chi connectivity index (χ0v) is 12.2. The minimum Gasteiger partial charge on any atom is -0.309 e. The predicted molar refractivity (Wildman–Crippen MR) is 74.4 cm³/mol. The van der Waals surface area contributed by atoms with E-state index in [1.807, 2.05) is 19.9 Å². The molecule has 1 unspecified atom stereocenters. The van der Waals surface area contributed by atoms with Crippen molar-refractivity contribution in [3.8, 4) is 0 Å². The minimum atomic E-state index is -0.169. The quantitative estimate of drug-likeness (QED) is 0.771. The van der Waals surface area contributed by atoms with Gasteiger partial charge in [0.25, 0.3) is 5.56 Å². The third-order valence-electron chi connectivity index (χ3n) is 3.30. The summed E-state index contributed by atoms with van der Waals surface area (Å²) in [6.07, 6.45) is 0.865. The average molecular weight is 249 g/mol. The summed E-state index contributed by atoms with van der Waals surface area (Å²) in [7, 11) is 0. The van der Waals surface area contributed by atoms with Crippen LogP contribution in [0.5, 0.6) is 0 Å². The molecule has 0 radical (unpaired) electrons. The zero-order chi connectivity index (χ0) is 14.1. The first-order valence-electron chi connectivity index (χ1n) is 6.47. The molecule has 0 fully saturated rings. The van der Waals surface area contributed by atoms with Crippen LogP contribution < -0.4 is 5.56 Å². The van der Waals surface area contributed by atoms with E-state index >= 15 is 0 Å². The summed E-state index contributed by atoms with van der Waals surface area (Å²) in [5.74, 6) is -0.169. The van der Waals surface area contributed by atoms with E-state index < -0.39 is 0 Å². The molecule has 18 heavy (non-hydrogen) atoms. The van der Waals surface area contributed by atoms with Gasteiger partial charge in [0.15, 0.2) is 5.78 Å². The molecule has 0 amide bonds. The van der Waals surface area contributed by atoms with Crippen molar-refractivity contribution >= 4 is 5.78 Å². The number of nitrogens with zero attached hydrogens (tertiary/aromatic N) is 1. The van der Waals surface area contributed by atoms with Crippen molar-refractivity contribution in [2.75, 3.05) is 0 Å². The van der Waals surface area contributed by atoms with Crippen LogP contribution in [0.2, 0.25) is 0 Å². The third-order valence-corrected chi connectivity index (χ3v) is 3.30. The molecule has 3 nitrogen and oxygen atoms in total. The monoisotopic (exact) mass is 249 g/mol. The Bertz CT molecular complexity index is 506.